The lowest BCUT2D eigenvalue weighted by Crippen LogP contribution is -2.01. The van der Waals surface area contributed by atoms with Crippen molar-refractivity contribution in [3.8, 4) is 17.0 Å². The van der Waals surface area contributed by atoms with Crippen molar-refractivity contribution in [2.24, 2.45) is 0 Å². The highest BCUT2D eigenvalue weighted by Gasteiger charge is 2.30. The fraction of sp³-hybridized carbons (Fsp3) is 0.190. The van der Waals surface area contributed by atoms with Crippen LogP contribution in [-0.2, 0) is 5.75 Å². The molecule has 2 aromatic carbocycles. The second kappa shape index (κ2) is 7.04. The van der Waals surface area contributed by atoms with Gasteiger partial charge in [-0.2, -0.15) is 0 Å². The summed E-state index contributed by atoms with van der Waals surface area (Å²) in [6.45, 7) is 0. The zero-order chi connectivity index (χ0) is 18.1. The number of hydrogen-bond donors (Lipinski definition) is 0. The average molecular weight is 374 g/mol. The van der Waals surface area contributed by atoms with Crippen molar-refractivity contribution < 1.29 is 4.42 Å². The molecule has 0 spiro atoms. The third kappa shape index (κ3) is 3.53. The van der Waals surface area contributed by atoms with Gasteiger partial charge in [-0.3, -0.25) is 0 Å². The minimum Gasteiger partial charge on any atom is -0.440 e. The molecule has 2 aromatic heterocycles. The fourth-order valence-electron chi connectivity index (χ4n) is 2.97. The molecule has 0 N–H and O–H groups in total. The van der Waals surface area contributed by atoms with E-state index in [2.05, 4.69) is 17.1 Å². The number of thioether (sulfide) groups is 1. The molecule has 4 aromatic rings. The predicted octanol–water partition coefficient (Wildman–Crippen LogP) is 5.09. The lowest BCUT2D eigenvalue weighted by molar-refractivity contribution is 0.530. The molecule has 5 rings (SSSR count). The summed E-state index contributed by atoms with van der Waals surface area (Å²) in [7, 11) is 0. The van der Waals surface area contributed by atoms with Gasteiger partial charge in [-0.05, 0) is 25.0 Å². The lowest BCUT2D eigenvalue weighted by Gasteiger charge is -2.03. The zero-order valence-corrected chi connectivity index (χ0v) is 15.5. The van der Waals surface area contributed by atoms with E-state index < -0.39 is 0 Å². The maximum atomic E-state index is 5.88. The van der Waals surface area contributed by atoms with Gasteiger partial charge in [0.25, 0.3) is 0 Å². The van der Waals surface area contributed by atoms with Crippen LogP contribution in [-0.4, -0.2) is 19.7 Å². The van der Waals surface area contributed by atoms with Crippen LogP contribution in [0.15, 0.2) is 76.4 Å². The van der Waals surface area contributed by atoms with Gasteiger partial charge in [-0.15, -0.1) is 5.10 Å². The molecule has 5 nitrogen and oxygen atoms in total. The van der Waals surface area contributed by atoms with E-state index in [0.29, 0.717) is 17.6 Å². The van der Waals surface area contributed by atoms with Crippen molar-refractivity contribution in [3.05, 3.63) is 78.6 Å². The van der Waals surface area contributed by atoms with E-state index in [4.69, 9.17) is 14.5 Å². The SMILES string of the molecule is c1ccc(-c2cnc(CSc3nc(C4CC4)n(-c4ccccc4)n3)o2)cc1. The quantitative estimate of drug-likeness (QED) is 0.440. The summed E-state index contributed by atoms with van der Waals surface area (Å²) in [5.41, 5.74) is 2.09. The molecule has 1 saturated carbocycles. The first-order chi connectivity index (χ1) is 13.4. The van der Waals surface area contributed by atoms with Gasteiger partial charge in [0.15, 0.2) is 5.76 Å². The number of hydrogen-bond acceptors (Lipinski definition) is 5. The normalized spacial score (nSPS) is 13.8. The van der Waals surface area contributed by atoms with Gasteiger partial charge in [0, 0.05) is 11.5 Å². The van der Waals surface area contributed by atoms with Crippen LogP contribution in [0.5, 0.6) is 0 Å². The van der Waals surface area contributed by atoms with Crippen LogP contribution in [0.3, 0.4) is 0 Å². The molecule has 1 fully saturated rings. The number of rotatable bonds is 6. The molecule has 0 bridgehead atoms. The Bertz CT molecular complexity index is 1040. The van der Waals surface area contributed by atoms with E-state index in [1.807, 2.05) is 53.2 Å². The maximum absolute atomic E-state index is 5.88. The second-order valence-electron chi connectivity index (χ2n) is 6.55. The Labute approximate surface area is 161 Å². The van der Waals surface area contributed by atoms with Gasteiger partial charge < -0.3 is 4.42 Å². The molecular weight excluding hydrogens is 356 g/mol. The van der Waals surface area contributed by atoms with Crippen molar-refractivity contribution in [3.63, 3.8) is 0 Å². The van der Waals surface area contributed by atoms with Crippen molar-refractivity contribution in [2.45, 2.75) is 29.7 Å². The molecule has 0 radical (unpaired) electrons. The molecule has 134 valence electrons. The minimum absolute atomic E-state index is 0.526. The Balaban J connectivity index is 1.34. The van der Waals surface area contributed by atoms with E-state index >= 15 is 0 Å². The first-order valence-corrected chi connectivity index (χ1v) is 10.0. The van der Waals surface area contributed by atoms with E-state index in [0.717, 1.165) is 28.0 Å². The lowest BCUT2D eigenvalue weighted by atomic mass is 10.2. The summed E-state index contributed by atoms with van der Waals surface area (Å²) in [6, 6.07) is 20.2. The largest absolute Gasteiger partial charge is 0.440 e. The molecule has 0 unspecified atom stereocenters. The number of nitrogens with zero attached hydrogens (tertiary/aromatic N) is 4. The molecular formula is C21H18N4OS. The second-order valence-corrected chi connectivity index (χ2v) is 7.49. The molecule has 0 aliphatic heterocycles. The fourth-order valence-corrected chi connectivity index (χ4v) is 3.65. The molecule has 0 atom stereocenters. The van der Waals surface area contributed by atoms with Crippen LogP contribution >= 0.6 is 11.8 Å². The number of oxazole rings is 1. The van der Waals surface area contributed by atoms with Crippen molar-refractivity contribution in [1.29, 1.82) is 0 Å². The summed E-state index contributed by atoms with van der Waals surface area (Å²) in [5, 5.41) is 5.48. The number of para-hydroxylation sites is 1. The first-order valence-electron chi connectivity index (χ1n) is 9.02. The Hall–Kier alpha value is -2.86. The molecule has 6 heteroatoms. The Morgan fingerprint density at radius 2 is 1.74 bits per heavy atom. The van der Waals surface area contributed by atoms with Crippen molar-refractivity contribution >= 4 is 11.8 Å². The van der Waals surface area contributed by atoms with Crippen molar-refractivity contribution in [2.75, 3.05) is 0 Å². The Morgan fingerprint density at radius 3 is 2.48 bits per heavy atom. The summed E-state index contributed by atoms with van der Waals surface area (Å²) < 4.78 is 7.86. The Kier molecular flexibility index (Phi) is 4.26. The van der Waals surface area contributed by atoms with Gasteiger partial charge in [0.05, 0.1) is 17.6 Å². The smallest absolute Gasteiger partial charge is 0.209 e. The summed E-state index contributed by atoms with van der Waals surface area (Å²) in [4.78, 5) is 9.17. The average Bonchev–Trinajstić information content (AvgIpc) is 3.31. The highest BCUT2D eigenvalue weighted by Crippen LogP contribution is 2.40. The predicted molar refractivity (Wildman–Crippen MR) is 105 cm³/mol. The highest BCUT2D eigenvalue weighted by molar-refractivity contribution is 7.98. The monoisotopic (exact) mass is 374 g/mol. The minimum atomic E-state index is 0.526. The summed E-state index contributed by atoms with van der Waals surface area (Å²) >= 11 is 1.56. The van der Waals surface area contributed by atoms with Gasteiger partial charge in [-0.1, -0.05) is 60.3 Å². The van der Waals surface area contributed by atoms with Crippen LogP contribution in [0, 0.1) is 0 Å². The van der Waals surface area contributed by atoms with Crippen LogP contribution in [0.25, 0.3) is 17.0 Å². The number of aromatic nitrogens is 4. The van der Waals surface area contributed by atoms with Crippen molar-refractivity contribution in [1.82, 2.24) is 19.7 Å². The molecule has 2 heterocycles. The first kappa shape index (κ1) is 16.3. The third-order valence-electron chi connectivity index (χ3n) is 4.49. The van der Waals surface area contributed by atoms with Gasteiger partial charge in [-0.25, -0.2) is 14.6 Å². The Morgan fingerprint density at radius 1 is 1.00 bits per heavy atom. The van der Waals surface area contributed by atoms with Crippen LogP contribution in [0.1, 0.15) is 30.5 Å². The number of benzene rings is 2. The van der Waals surface area contributed by atoms with Gasteiger partial charge in [0.2, 0.25) is 11.0 Å². The standard InChI is InChI=1S/C21H18N4OS/c1-3-7-15(8-4-1)18-13-22-19(26-18)14-27-21-23-20(16-11-12-16)25(24-21)17-9-5-2-6-10-17/h1-10,13,16H,11-12,14H2. The van der Waals surface area contributed by atoms with Crippen LogP contribution in [0.4, 0.5) is 0 Å². The van der Waals surface area contributed by atoms with Gasteiger partial charge >= 0.3 is 0 Å². The molecule has 1 aliphatic rings. The molecule has 1 aliphatic carbocycles. The van der Waals surface area contributed by atoms with Gasteiger partial charge in [0.1, 0.15) is 5.82 Å². The van der Waals surface area contributed by atoms with Crippen LogP contribution in [0.2, 0.25) is 0 Å². The third-order valence-corrected chi connectivity index (χ3v) is 5.32. The maximum Gasteiger partial charge on any atom is 0.209 e. The highest BCUT2D eigenvalue weighted by atomic mass is 32.2. The molecule has 0 amide bonds. The topological polar surface area (TPSA) is 56.7 Å². The molecule has 0 saturated heterocycles. The molecule has 27 heavy (non-hydrogen) atoms. The van der Waals surface area contributed by atoms with E-state index in [1.165, 1.54) is 12.8 Å². The van der Waals surface area contributed by atoms with Crippen LogP contribution < -0.4 is 0 Å². The summed E-state index contributed by atoms with van der Waals surface area (Å²) in [5.74, 6) is 3.66. The van der Waals surface area contributed by atoms with E-state index in [1.54, 1.807) is 18.0 Å². The summed E-state index contributed by atoms with van der Waals surface area (Å²) in [6.07, 6.45) is 4.16. The van der Waals surface area contributed by atoms with E-state index in [9.17, 15) is 0 Å². The van der Waals surface area contributed by atoms with E-state index in [-0.39, 0.29) is 0 Å². The zero-order valence-electron chi connectivity index (χ0n) is 14.7.